The molecule has 0 saturated carbocycles. The summed E-state index contributed by atoms with van der Waals surface area (Å²) < 4.78 is 44.0. The zero-order valence-corrected chi connectivity index (χ0v) is 21.1. The Bertz CT molecular complexity index is 1390. The predicted octanol–water partition coefficient (Wildman–Crippen LogP) is 3.65. The third-order valence-electron chi connectivity index (χ3n) is 5.50. The topological polar surface area (TPSA) is 106 Å². The second-order valence-electron chi connectivity index (χ2n) is 7.93. The van der Waals surface area contributed by atoms with E-state index in [1.807, 2.05) is 6.92 Å². The van der Waals surface area contributed by atoms with Crippen molar-refractivity contribution in [2.24, 2.45) is 0 Å². The van der Waals surface area contributed by atoms with Gasteiger partial charge in [0.2, 0.25) is 26.6 Å². The van der Waals surface area contributed by atoms with Crippen molar-refractivity contribution in [1.29, 1.82) is 0 Å². The third kappa shape index (κ3) is 4.79. The monoisotopic (exact) mass is 531 g/mol. The number of thiocarbonyl (C=S) groups is 1. The summed E-state index contributed by atoms with van der Waals surface area (Å²) in [7, 11) is -3.97. The number of carbonyl (C=O) groups excluding carboxylic acids is 1. The van der Waals surface area contributed by atoms with E-state index in [4.69, 9.17) is 25.8 Å². The van der Waals surface area contributed by atoms with Crippen LogP contribution in [0.25, 0.3) is 6.08 Å². The van der Waals surface area contributed by atoms with Gasteiger partial charge in [0.25, 0.3) is 5.91 Å². The molecule has 2 fully saturated rings. The number of nitrogens with zero attached hydrogens (tertiary/aromatic N) is 3. The summed E-state index contributed by atoms with van der Waals surface area (Å²) in [5.74, 6) is 0.409. The summed E-state index contributed by atoms with van der Waals surface area (Å²) in [6.45, 7) is 3.86. The second kappa shape index (κ2) is 9.61. The molecule has 2 aromatic heterocycles. The predicted molar refractivity (Wildman–Crippen MR) is 134 cm³/mol. The first-order valence-corrected chi connectivity index (χ1v) is 13.5. The number of furan rings is 1. The lowest BCUT2D eigenvalue weighted by Crippen LogP contribution is -2.36. The molecule has 5 rings (SSSR count). The molecule has 2 saturated heterocycles. The molecule has 12 heteroatoms. The van der Waals surface area contributed by atoms with Gasteiger partial charge in [-0.25, -0.2) is 8.42 Å². The zero-order valence-electron chi connectivity index (χ0n) is 18.7. The van der Waals surface area contributed by atoms with Gasteiger partial charge >= 0.3 is 0 Å². The molecule has 0 atom stereocenters. The Morgan fingerprint density at radius 2 is 1.91 bits per heavy atom. The molecule has 9 nitrogen and oxygen atoms in total. The Balaban J connectivity index is 1.51. The van der Waals surface area contributed by atoms with E-state index < -0.39 is 9.84 Å². The Morgan fingerprint density at radius 3 is 2.60 bits per heavy atom. The fourth-order valence-electron chi connectivity index (χ4n) is 3.65. The first kappa shape index (κ1) is 23.8. The lowest BCUT2D eigenvalue weighted by Gasteiger charge is -2.26. The van der Waals surface area contributed by atoms with Crippen molar-refractivity contribution in [3.63, 3.8) is 0 Å². The number of carbonyl (C=O) groups is 1. The van der Waals surface area contributed by atoms with Gasteiger partial charge in [0.05, 0.1) is 35.8 Å². The second-order valence-corrected chi connectivity index (χ2v) is 11.5. The minimum absolute atomic E-state index is 0.00989. The van der Waals surface area contributed by atoms with Crippen LogP contribution in [-0.4, -0.2) is 54.8 Å². The van der Waals surface area contributed by atoms with Crippen LogP contribution in [0.2, 0.25) is 0 Å². The number of ether oxygens (including phenoxy) is 1. The van der Waals surface area contributed by atoms with Crippen molar-refractivity contribution in [3.05, 3.63) is 64.8 Å². The molecule has 2 aliphatic rings. The van der Waals surface area contributed by atoms with Crippen molar-refractivity contribution in [2.45, 2.75) is 23.4 Å². The molecular formula is C23H21N3O6S3. The van der Waals surface area contributed by atoms with E-state index >= 15 is 0 Å². The zero-order chi connectivity index (χ0) is 24.6. The summed E-state index contributed by atoms with van der Waals surface area (Å²) in [5.41, 5.74) is 0.940. The molecule has 0 spiro atoms. The van der Waals surface area contributed by atoms with E-state index in [1.165, 1.54) is 17.2 Å². The van der Waals surface area contributed by atoms with Crippen LogP contribution in [0.15, 0.2) is 66.3 Å². The molecule has 3 aromatic rings. The molecule has 0 aliphatic carbocycles. The smallest absolute Gasteiger partial charge is 0.266 e. The van der Waals surface area contributed by atoms with Crippen LogP contribution in [0.3, 0.4) is 0 Å². The van der Waals surface area contributed by atoms with Crippen molar-refractivity contribution < 1.29 is 26.8 Å². The molecule has 35 heavy (non-hydrogen) atoms. The largest absolute Gasteiger partial charge is 0.467 e. The number of morpholine rings is 1. The maximum atomic E-state index is 13.5. The van der Waals surface area contributed by atoms with Gasteiger partial charge in [-0.1, -0.05) is 41.7 Å². The van der Waals surface area contributed by atoms with Crippen LogP contribution in [0.4, 0.5) is 5.88 Å². The summed E-state index contributed by atoms with van der Waals surface area (Å²) >= 11 is 6.47. The summed E-state index contributed by atoms with van der Waals surface area (Å²) in [4.78, 5) is 20.9. The van der Waals surface area contributed by atoms with Crippen molar-refractivity contribution >= 4 is 56.0 Å². The molecule has 0 radical (unpaired) electrons. The van der Waals surface area contributed by atoms with Gasteiger partial charge in [0, 0.05) is 19.2 Å². The van der Waals surface area contributed by atoms with E-state index in [2.05, 4.69) is 4.98 Å². The normalized spacial score (nSPS) is 18.1. The van der Waals surface area contributed by atoms with Crippen LogP contribution in [0.1, 0.15) is 17.2 Å². The Morgan fingerprint density at radius 1 is 1.17 bits per heavy atom. The van der Waals surface area contributed by atoms with Crippen molar-refractivity contribution in [2.75, 3.05) is 31.2 Å². The van der Waals surface area contributed by atoms with Gasteiger partial charge in [-0.2, -0.15) is 4.98 Å². The van der Waals surface area contributed by atoms with Crippen LogP contribution in [-0.2, 0) is 25.9 Å². The van der Waals surface area contributed by atoms with E-state index in [-0.39, 0.29) is 39.1 Å². The van der Waals surface area contributed by atoms with Crippen LogP contribution in [0, 0.1) is 6.92 Å². The summed E-state index contributed by atoms with van der Waals surface area (Å²) in [6.07, 6.45) is 2.96. The van der Waals surface area contributed by atoms with Crippen LogP contribution >= 0.6 is 24.0 Å². The Labute approximate surface area is 211 Å². The number of amides is 1. The number of benzene rings is 1. The molecule has 4 heterocycles. The fourth-order valence-corrected chi connectivity index (χ4v) is 6.20. The maximum Gasteiger partial charge on any atom is 0.266 e. The highest BCUT2D eigenvalue weighted by Crippen LogP contribution is 2.36. The highest BCUT2D eigenvalue weighted by atomic mass is 32.2. The number of anilines is 1. The van der Waals surface area contributed by atoms with Crippen LogP contribution < -0.4 is 4.90 Å². The van der Waals surface area contributed by atoms with E-state index in [0.717, 1.165) is 17.3 Å². The number of oxazole rings is 1. The minimum Gasteiger partial charge on any atom is -0.467 e. The number of sulfone groups is 1. The van der Waals surface area contributed by atoms with Gasteiger partial charge in [-0.05, 0) is 31.2 Å². The summed E-state index contributed by atoms with van der Waals surface area (Å²) in [5, 5.41) is -0.194. The van der Waals surface area contributed by atoms with Gasteiger partial charge in [0.15, 0.2) is 0 Å². The Kier molecular flexibility index (Phi) is 6.53. The van der Waals surface area contributed by atoms with Crippen LogP contribution in [0.5, 0.6) is 0 Å². The molecule has 0 unspecified atom stereocenters. The fraction of sp³-hybridized carbons (Fsp3) is 0.261. The van der Waals surface area contributed by atoms with Crippen molar-refractivity contribution in [1.82, 2.24) is 9.88 Å². The standard InChI is InChI=1S/C23H21N3O6S3/c1-15-4-6-17(7-5-15)35(28,29)20-22(25-8-11-30-12-9-25)32-19(24-20)13-18-21(27)26(23(33)34-18)14-16-3-2-10-31-16/h2-7,10,13H,8-9,11-12,14H2,1H3/b18-13+. The SMILES string of the molecule is Cc1ccc(S(=O)(=O)c2nc(/C=C3/SC(=S)N(Cc4ccco4)C3=O)oc2N2CCOCC2)cc1. The number of rotatable bonds is 6. The van der Waals surface area contributed by atoms with E-state index in [0.29, 0.717) is 36.4 Å². The lowest BCUT2D eigenvalue weighted by molar-refractivity contribution is -0.122. The quantitative estimate of drug-likeness (QED) is 0.346. The first-order chi connectivity index (χ1) is 16.8. The Hall–Kier alpha value is -2.93. The minimum atomic E-state index is -3.97. The molecule has 182 valence electrons. The average molecular weight is 532 g/mol. The van der Waals surface area contributed by atoms with E-state index in [9.17, 15) is 13.2 Å². The number of thioether (sulfide) groups is 1. The highest BCUT2D eigenvalue weighted by molar-refractivity contribution is 8.26. The molecule has 0 bridgehead atoms. The third-order valence-corrected chi connectivity index (χ3v) is 8.55. The number of aryl methyl sites for hydroxylation is 1. The number of hydrogen-bond donors (Lipinski definition) is 0. The number of aromatic nitrogens is 1. The van der Waals surface area contributed by atoms with Gasteiger partial charge in [-0.3, -0.25) is 9.69 Å². The number of hydrogen-bond acceptors (Lipinski definition) is 10. The van der Waals surface area contributed by atoms with Crippen molar-refractivity contribution in [3.8, 4) is 0 Å². The molecular weight excluding hydrogens is 510 g/mol. The van der Waals surface area contributed by atoms with Gasteiger partial charge < -0.3 is 18.5 Å². The first-order valence-electron chi connectivity index (χ1n) is 10.8. The molecule has 1 aromatic carbocycles. The maximum absolute atomic E-state index is 13.5. The van der Waals surface area contributed by atoms with Gasteiger partial charge in [0.1, 0.15) is 10.1 Å². The summed E-state index contributed by atoms with van der Waals surface area (Å²) in [6, 6.07) is 10.0. The lowest BCUT2D eigenvalue weighted by atomic mass is 10.2. The highest BCUT2D eigenvalue weighted by Gasteiger charge is 2.35. The molecule has 1 amide bonds. The average Bonchev–Trinajstić information content (AvgIpc) is 3.58. The molecule has 2 aliphatic heterocycles. The van der Waals surface area contributed by atoms with E-state index in [1.54, 1.807) is 41.3 Å². The van der Waals surface area contributed by atoms with Gasteiger partial charge in [-0.15, -0.1) is 0 Å². The molecule has 0 N–H and O–H groups in total.